The first-order valence-electron chi connectivity index (χ1n) is 11.8. The number of nitrogens with two attached hydrogens (primary N) is 1. The molecule has 2 saturated heterocycles. The molecule has 9 nitrogen and oxygen atoms in total. The van der Waals surface area contributed by atoms with Gasteiger partial charge in [-0.2, -0.15) is 4.98 Å². The number of likely N-dealkylation sites (N-methyl/N-ethyl adjacent to an activating group) is 1. The highest BCUT2D eigenvalue weighted by Crippen LogP contribution is 2.34. The summed E-state index contributed by atoms with van der Waals surface area (Å²) in [7, 11) is 5.78. The second-order valence-electron chi connectivity index (χ2n) is 9.01. The maximum atomic E-state index is 5.86. The van der Waals surface area contributed by atoms with E-state index in [0.29, 0.717) is 11.9 Å². The highest BCUT2D eigenvalue weighted by Gasteiger charge is 2.27. The topological polar surface area (TPSA) is 87.7 Å². The fraction of sp³-hybridized carbons (Fsp3) is 0.500. The predicted octanol–water partition coefficient (Wildman–Crippen LogP) is 2.27. The van der Waals surface area contributed by atoms with Crippen LogP contribution in [-0.2, 0) is 0 Å². The zero-order valence-corrected chi connectivity index (χ0v) is 19.8. The average molecular weight is 451 g/mol. The Bertz CT molecular complexity index is 1110. The molecule has 1 aromatic carbocycles. The van der Waals surface area contributed by atoms with E-state index in [1.54, 1.807) is 7.11 Å². The van der Waals surface area contributed by atoms with E-state index >= 15 is 0 Å². The normalized spacial score (nSPS) is 18.7. The van der Waals surface area contributed by atoms with Crippen LogP contribution in [0.1, 0.15) is 12.8 Å². The Hall–Kier alpha value is -3.04. The third kappa shape index (κ3) is 4.18. The molecule has 2 aliphatic heterocycles. The summed E-state index contributed by atoms with van der Waals surface area (Å²) in [4.78, 5) is 16.3. The number of ether oxygens (including phenoxy) is 1. The number of hydrogen-bond acceptors (Lipinski definition) is 8. The van der Waals surface area contributed by atoms with Gasteiger partial charge in [0.15, 0.2) is 5.82 Å². The Balaban J connectivity index is 1.36. The second kappa shape index (κ2) is 9.07. The lowest BCUT2D eigenvalue weighted by Crippen LogP contribution is -2.52. The van der Waals surface area contributed by atoms with Crippen molar-refractivity contribution in [2.24, 2.45) is 0 Å². The van der Waals surface area contributed by atoms with Crippen LogP contribution in [0.4, 0.5) is 17.5 Å². The average Bonchev–Trinajstić information content (AvgIpc) is 3.27. The van der Waals surface area contributed by atoms with Crippen molar-refractivity contribution in [2.45, 2.75) is 18.9 Å². The molecule has 0 atom stereocenters. The fourth-order valence-electron chi connectivity index (χ4n) is 5.18. The van der Waals surface area contributed by atoms with Gasteiger partial charge in [0.25, 0.3) is 0 Å². The first-order valence-corrected chi connectivity index (χ1v) is 11.8. The van der Waals surface area contributed by atoms with Crippen LogP contribution < -0.4 is 20.7 Å². The van der Waals surface area contributed by atoms with Gasteiger partial charge in [-0.3, -0.25) is 4.90 Å². The Morgan fingerprint density at radius 3 is 2.48 bits per heavy atom. The van der Waals surface area contributed by atoms with Crippen LogP contribution in [0.25, 0.3) is 16.7 Å². The maximum Gasteiger partial charge on any atom is 0.222 e. The molecule has 2 fully saturated rings. The molecule has 0 aliphatic carbocycles. The first kappa shape index (κ1) is 21.8. The van der Waals surface area contributed by atoms with E-state index in [1.165, 1.54) is 44.7 Å². The summed E-state index contributed by atoms with van der Waals surface area (Å²) >= 11 is 0. The smallest absolute Gasteiger partial charge is 0.222 e. The molecule has 0 amide bonds. The highest BCUT2D eigenvalue weighted by atomic mass is 16.5. The molecule has 5 rings (SSSR count). The lowest BCUT2D eigenvalue weighted by atomic mass is 10.0. The minimum absolute atomic E-state index is 0.256. The maximum absolute atomic E-state index is 5.86. The zero-order valence-electron chi connectivity index (χ0n) is 19.8. The number of methoxy groups -OCH3 is 1. The SMILES string of the molecule is CNc1nc(N)nc2ccn(-c3ccc(N4CCC(N5CCN(C)CC5)CC4)cc3OC)c12. The van der Waals surface area contributed by atoms with Crippen LogP contribution >= 0.6 is 0 Å². The van der Waals surface area contributed by atoms with E-state index in [-0.39, 0.29) is 5.95 Å². The molecule has 0 spiro atoms. The quantitative estimate of drug-likeness (QED) is 0.612. The molecule has 0 saturated carbocycles. The Labute approximate surface area is 195 Å². The molecule has 2 aromatic heterocycles. The largest absolute Gasteiger partial charge is 0.494 e. The van der Waals surface area contributed by atoms with Gasteiger partial charge < -0.3 is 30.2 Å². The number of anilines is 3. The number of aromatic nitrogens is 3. The molecule has 3 aromatic rings. The lowest BCUT2D eigenvalue weighted by Gasteiger charge is -2.42. The number of nitrogens with zero attached hydrogens (tertiary/aromatic N) is 6. The molecule has 9 heteroatoms. The van der Waals surface area contributed by atoms with Gasteiger partial charge in [0.1, 0.15) is 11.3 Å². The standard InChI is InChI=1S/C24H34N8O/c1-26-23-22-19(27-24(25)28-23)8-11-32(22)20-5-4-18(16-21(20)33-3)30-9-6-17(7-10-30)31-14-12-29(2)13-15-31/h4-5,8,11,16-17H,6-7,9-10,12-15H2,1-3H3,(H3,25,26,27,28). The number of piperazine rings is 1. The van der Waals surface area contributed by atoms with Gasteiger partial charge in [0.2, 0.25) is 5.95 Å². The van der Waals surface area contributed by atoms with Crippen LogP contribution in [0.15, 0.2) is 30.5 Å². The summed E-state index contributed by atoms with van der Waals surface area (Å²) in [5.74, 6) is 1.77. The monoisotopic (exact) mass is 450 g/mol. The van der Waals surface area contributed by atoms with Crippen LogP contribution in [0.2, 0.25) is 0 Å². The van der Waals surface area contributed by atoms with E-state index in [2.05, 4.69) is 59.8 Å². The third-order valence-electron chi connectivity index (χ3n) is 7.09. The van der Waals surface area contributed by atoms with Gasteiger partial charge in [-0.25, -0.2) is 4.98 Å². The minimum atomic E-state index is 0.256. The number of fused-ring (bicyclic) bond motifs is 1. The van der Waals surface area contributed by atoms with Gasteiger partial charge in [-0.05, 0) is 38.1 Å². The summed E-state index contributed by atoms with van der Waals surface area (Å²) in [5.41, 5.74) is 9.70. The third-order valence-corrected chi connectivity index (χ3v) is 7.09. The molecule has 0 radical (unpaired) electrons. The van der Waals surface area contributed by atoms with E-state index in [1.807, 2.05) is 19.3 Å². The summed E-state index contributed by atoms with van der Waals surface area (Å²) in [6.07, 6.45) is 4.40. The van der Waals surface area contributed by atoms with Crippen LogP contribution in [0.5, 0.6) is 5.75 Å². The van der Waals surface area contributed by atoms with Crippen molar-refractivity contribution < 1.29 is 4.74 Å². The number of rotatable bonds is 5. The Morgan fingerprint density at radius 2 is 1.79 bits per heavy atom. The van der Waals surface area contributed by atoms with E-state index < -0.39 is 0 Å². The van der Waals surface area contributed by atoms with Crippen molar-refractivity contribution in [1.82, 2.24) is 24.3 Å². The van der Waals surface area contributed by atoms with Gasteiger partial charge in [-0.15, -0.1) is 0 Å². The molecule has 33 heavy (non-hydrogen) atoms. The molecular weight excluding hydrogens is 416 g/mol. The Morgan fingerprint density at radius 1 is 1.03 bits per heavy atom. The highest BCUT2D eigenvalue weighted by molar-refractivity contribution is 5.89. The number of piperidine rings is 1. The summed E-state index contributed by atoms with van der Waals surface area (Å²) in [5, 5.41) is 3.13. The van der Waals surface area contributed by atoms with Crippen molar-refractivity contribution in [1.29, 1.82) is 0 Å². The zero-order chi connectivity index (χ0) is 22.9. The van der Waals surface area contributed by atoms with E-state index in [0.717, 1.165) is 35.6 Å². The van der Waals surface area contributed by atoms with Crippen molar-refractivity contribution in [3.63, 3.8) is 0 Å². The summed E-state index contributed by atoms with van der Waals surface area (Å²) in [6, 6.07) is 9.11. The fourth-order valence-corrected chi connectivity index (χ4v) is 5.18. The molecule has 3 N–H and O–H groups in total. The molecule has 0 bridgehead atoms. The minimum Gasteiger partial charge on any atom is -0.494 e. The van der Waals surface area contributed by atoms with Crippen molar-refractivity contribution in [2.75, 3.05) is 76.4 Å². The summed E-state index contributed by atoms with van der Waals surface area (Å²) < 4.78 is 7.89. The molecule has 0 unspecified atom stereocenters. The molecule has 2 aliphatic rings. The number of benzene rings is 1. The molecule has 176 valence electrons. The van der Waals surface area contributed by atoms with Crippen molar-refractivity contribution in [3.8, 4) is 11.4 Å². The molecule has 4 heterocycles. The van der Waals surface area contributed by atoms with Gasteiger partial charge >= 0.3 is 0 Å². The van der Waals surface area contributed by atoms with Crippen molar-refractivity contribution >= 4 is 28.5 Å². The first-order chi connectivity index (χ1) is 16.1. The van der Waals surface area contributed by atoms with Crippen LogP contribution in [0, 0.1) is 0 Å². The summed E-state index contributed by atoms with van der Waals surface area (Å²) in [6.45, 7) is 6.89. The predicted molar refractivity (Wildman–Crippen MR) is 134 cm³/mol. The van der Waals surface area contributed by atoms with Crippen LogP contribution in [-0.4, -0.2) is 90.9 Å². The number of nitrogen functional groups attached to an aromatic ring is 1. The van der Waals surface area contributed by atoms with Crippen molar-refractivity contribution in [3.05, 3.63) is 30.5 Å². The van der Waals surface area contributed by atoms with Gasteiger partial charge in [0.05, 0.1) is 18.3 Å². The van der Waals surface area contributed by atoms with E-state index in [4.69, 9.17) is 10.5 Å². The molecular formula is C24H34N8O. The number of hydrogen-bond donors (Lipinski definition) is 2. The number of nitrogens with one attached hydrogen (secondary N) is 1. The van der Waals surface area contributed by atoms with E-state index in [9.17, 15) is 0 Å². The second-order valence-corrected chi connectivity index (χ2v) is 9.01. The van der Waals surface area contributed by atoms with Gasteiger partial charge in [0, 0.05) is 70.3 Å². The Kier molecular flexibility index (Phi) is 5.99. The van der Waals surface area contributed by atoms with Gasteiger partial charge in [-0.1, -0.05) is 0 Å². The van der Waals surface area contributed by atoms with Crippen LogP contribution in [0.3, 0.4) is 0 Å². The lowest BCUT2D eigenvalue weighted by molar-refractivity contribution is 0.0982.